The molecule has 1 saturated heterocycles. The molecule has 0 unspecified atom stereocenters. The zero-order chi connectivity index (χ0) is 10.6. The van der Waals surface area contributed by atoms with Gasteiger partial charge in [-0.2, -0.15) is 0 Å². The molecule has 1 heterocycles. The molecule has 3 heteroatoms. The molecule has 1 fully saturated rings. The van der Waals surface area contributed by atoms with E-state index < -0.39 is 0 Å². The third-order valence-corrected chi connectivity index (χ3v) is 2.79. The molecule has 0 bridgehead atoms. The highest BCUT2D eigenvalue weighted by Gasteiger charge is 2.21. The molecule has 14 heavy (non-hydrogen) atoms. The molecule has 1 rings (SSSR count). The van der Waals surface area contributed by atoms with Crippen LogP contribution in [0, 0.1) is 0 Å². The second kappa shape index (κ2) is 5.25. The molecule has 0 spiro atoms. The standard InChI is InChI=1S/C11H22N2O/c1-4-13(11(12)9(2)3)10-5-7-14-8-6-10/h10H,4-8,12H2,1-3H3. The van der Waals surface area contributed by atoms with Gasteiger partial charge in [-0.05, 0) is 39.2 Å². The highest BCUT2D eigenvalue weighted by molar-refractivity contribution is 5.06. The number of allylic oxidation sites excluding steroid dienone is 1. The summed E-state index contributed by atoms with van der Waals surface area (Å²) in [5, 5.41) is 0. The Kier molecular flexibility index (Phi) is 4.26. The summed E-state index contributed by atoms with van der Waals surface area (Å²) in [6.45, 7) is 9.02. The molecule has 1 aliphatic heterocycles. The maximum atomic E-state index is 6.07. The second-order valence-electron chi connectivity index (χ2n) is 4.01. The molecule has 0 saturated carbocycles. The zero-order valence-electron chi connectivity index (χ0n) is 9.55. The van der Waals surface area contributed by atoms with E-state index in [1.54, 1.807) is 0 Å². The van der Waals surface area contributed by atoms with E-state index in [4.69, 9.17) is 10.5 Å². The van der Waals surface area contributed by atoms with Crippen LogP contribution in [0.15, 0.2) is 11.4 Å². The smallest absolute Gasteiger partial charge is 0.0974 e. The molecule has 3 nitrogen and oxygen atoms in total. The van der Waals surface area contributed by atoms with E-state index in [1.807, 2.05) is 0 Å². The fourth-order valence-corrected chi connectivity index (χ4v) is 1.91. The largest absolute Gasteiger partial charge is 0.385 e. The minimum atomic E-state index is 0.573. The van der Waals surface area contributed by atoms with Gasteiger partial charge in [-0.25, -0.2) is 0 Å². The van der Waals surface area contributed by atoms with Crippen molar-refractivity contribution in [2.45, 2.75) is 39.7 Å². The molecule has 0 aromatic heterocycles. The lowest BCUT2D eigenvalue weighted by Gasteiger charge is -2.35. The summed E-state index contributed by atoms with van der Waals surface area (Å²) in [4.78, 5) is 2.30. The Morgan fingerprint density at radius 1 is 1.36 bits per heavy atom. The van der Waals surface area contributed by atoms with Crippen LogP contribution >= 0.6 is 0 Å². The Balaban J connectivity index is 2.65. The van der Waals surface area contributed by atoms with Crippen LogP contribution in [0.5, 0.6) is 0 Å². The van der Waals surface area contributed by atoms with Crippen molar-refractivity contribution in [1.82, 2.24) is 4.90 Å². The molecular formula is C11H22N2O. The summed E-state index contributed by atoms with van der Waals surface area (Å²) < 4.78 is 5.35. The summed E-state index contributed by atoms with van der Waals surface area (Å²) >= 11 is 0. The van der Waals surface area contributed by atoms with Gasteiger partial charge in [-0.3, -0.25) is 0 Å². The number of nitrogens with two attached hydrogens (primary N) is 1. The maximum Gasteiger partial charge on any atom is 0.0974 e. The fourth-order valence-electron chi connectivity index (χ4n) is 1.91. The summed E-state index contributed by atoms with van der Waals surface area (Å²) in [5.74, 6) is 0.944. The number of rotatable bonds is 3. The Morgan fingerprint density at radius 2 is 1.93 bits per heavy atom. The molecule has 0 aromatic rings. The SMILES string of the molecule is CCN(C(N)=C(C)C)C1CCOCC1. The average molecular weight is 198 g/mol. The van der Waals surface area contributed by atoms with E-state index in [0.717, 1.165) is 38.4 Å². The lowest BCUT2D eigenvalue weighted by atomic mass is 10.1. The first-order chi connectivity index (χ1) is 6.66. The topological polar surface area (TPSA) is 38.5 Å². The Morgan fingerprint density at radius 3 is 2.36 bits per heavy atom. The normalized spacial score (nSPS) is 17.9. The molecule has 0 aromatic carbocycles. The predicted octanol–water partition coefficient (Wildman–Crippen LogP) is 1.70. The number of nitrogens with zero attached hydrogens (tertiary/aromatic N) is 1. The molecule has 0 amide bonds. The van der Waals surface area contributed by atoms with E-state index in [2.05, 4.69) is 25.7 Å². The van der Waals surface area contributed by atoms with Crippen LogP contribution in [0.1, 0.15) is 33.6 Å². The van der Waals surface area contributed by atoms with Crippen molar-refractivity contribution in [3.05, 3.63) is 11.4 Å². The van der Waals surface area contributed by atoms with Crippen molar-refractivity contribution in [2.75, 3.05) is 19.8 Å². The fraction of sp³-hybridized carbons (Fsp3) is 0.818. The average Bonchev–Trinajstić information content (AvgIpc) is 2.20. The van der Waals surface area contributed by atoms with E-state index in [1.165, 1.54) is 5.57 Å². The van der Waals surface area contributed by atoms with Gasteiger partial charge in [-0.1, -0.05) is 0 Å². The number of hydrogen-bond acceptors (Lipinski definition) is 3. The van der Waals surface area contributed by atoms with Gasteiger partial charge in [0.25, 0.3) is 0 Å². The van der Waals surface area contributed by atoms with Gasteiger partial charge in [0, 0.05) is 25.8 Å². The molecular weight excluding hydrogens is 176 g/mol. The predicted molar refractivity (Wildman–Crippen MR) is 58.8 cm³/mol. The molecule has 2 N–H and O–H groups in total. The second-order valence-corrected chi connectivity index (χ2v) is 4.01. The first kappa shape index (κ1) is 11.4. The van der Waals surface area contributed by atoms with E-state index in [9.17, 15) is 0 Å². The van der Waals surface area contributed by atoms with E-state index in [0.29, 0.717) is 6.04 Å². The molecule has 82 valence electrons. The van der Waals surface area contributed by atoms with Crippen molar-refractivity contribution in [2.24, 2.45) is 5.73 Å². The van der Waals surface area contributed by atoms with Gasteiger partial charge in [0.2, 0.25) is 0 Å². The van der Waals surface area contributed by atoms with Crippen molar-refractivity contribution in [3.63, 3.8) is 0 Å². The summed E-state index contributed by atoms with van der Waals surface area (Å²) in [7, 11) is 0. The lowest BCUT2D eigenvalue weighted by Crippen LogP contribution is -2.41. The molecule has 0 atom stereocenters. The lowest BCUT2D eigenvalue weighted by molar-refractivity contribution is 0.0463. The van der Waals surface area contributed by atoms with Crippen molar-refractivity contribution < 1.29 is 4.74 Å². The van der Waals surface area contributed by atoms with Crippen LogP contribution in [0.4, 0.5) is 0 Å². The quantitative estimate of drug-likeness (QED) is 0.750. The van der Waals surface area contributed by atoms with Gasteiger partial charge in [0.05, 0.1) is 5.82 Å². The Hall–Kier alpha value is -0.700. The summed E-state index contributed by atoms with van der Waals surface area (Å²) in [5.41, 5.74) is 7.27. The highest BCUT2D eigenvalue weighted by atomic mass is 16.5. The van der Waals surface area contributed by atoms with Crippen LogP contribution in [-0.4, -0.2) is 30.7 Å². The van der Waals surface area contributed by atoms with E-state index in [-0.39, 0.29) is 0 Å². The number of hydrogen-bond donors (Lipinski definition) is 1. The van der Waals surface area contributed by atoms with Gasteiger partial charge in [0.1, 0.15) is 0 Å². The van der Waals surface area contributed by atoms with Crippen LogP contribution in [-0.2, 0) is 4.74 Å². The highest BCUT2D eigenvalue weighted by Crippen LogP contribution is 2.18. The minimum Gasteiger partial charge on any atom is -0.385 e. The zero-order valence-corrected chi connectivity index (χ0v) is 9.55. The van der Waals surface area contributed by atoms with Crippen LogP contribution in [0.2, 0.25) is 0 Å². The Labute approximate surface area is 86.9 Å². The molecule has 0 aliphatic carbocycles. The molecule has 1 aliphatic rings. The van der Waals surface area contributed by atoms with Crippen molar-refractivity contribution >= 4 is 0 Å². The third kappa shape index (κ3) is 2.64. The van der Waals surface area contributed by atoms with Crippen LogP contribution in [0.3, 0.4) is 0 Å². The minimum absolute atomic E-state index is 0.573. The third-order valence-electron chi connectivity index (χ3n) is 2.79. The number of ether oxygens (including phenoxy) is 1. The van der Waals surface area contributed by atoms with Crippen molar-refractivity contribution in [1.29, 1.82) is 0 Å². The van der Waals surface area contributed by atoms with Gasteiger partial charge >= 0.3 is 0 Å². The molecule has 0 radical (unpaired) electrons. The van der Waals surface area contributed by atoms with Crippen LogP contribution < -0.4 is 5.73 Å². The van der Waals surface area contributed by atoms with Gasteiger partial charge in [0.15, 0.2) is 0 Å². The summed E-state index contributed by atoms with van der Waals surface area (Å²) in [6, 6.07) is 0.573. The first-order valence-corrected chi connectivity index (χ1v) is 5.44. The first-order valence-electron chi connectivity index (χ1n) is 5.44. The van der Waals surface area contributed by atoms with E-state index >= 15 is 0 Å². The van der Waals surface area contributed by atoms with Crippen molar-refractivity contribution in [3.8, 4) is 0 Å². The van der Waals surface area contributed by atoms with Gasteiger partial charge in [-0.15, -0.1) is 0 Å². The Bertz CT molecular complexity index is 203. The summed E-state index contributed by atoms with van der Waals surface area (Å²) in [6.07, 6.45) is 2.20. The monoisotopic (exact) mass is 198 g/mol. The van der Waals surface area contributed by atoms with Gasteiger partial charge < -0.3 is 15.4 Å². The van der Waals surface area contributed by atoms with Crippen LogP contribution in [0.25, 0.3) is 0 Å². The maximum absolute atomic E-state index is 6.07.